The van der Waals surface area contributed by atoms with E-state index in [0.717, 1.165) is 83.5 Å². The van der Waals surface area contributed by atoms with E-state index in [1.54, 1.807) is 0 Å². The molecule has 0 saturated heterocycles. The summed E-state index contributed by atoms with van der Waals surface area (Å²) in [6.45, 7) is 2.14. The molecule has 53 heavy (non-hydrogen) atoms. The van der Waals surface area contributed by atoms with E-state index in [2.05, 4.69) is 91.3 Å². The van der Waals surface area contributed by atoms with Gasteiger partial charge in [0.2, 0.25) is 0 Å². The zero-order chi connectivity index (χ0) is 39.1. The lowest BCUT2D eigenvalue weighted by Gasteiger charge is -2.20. The van der Waals surface area contributed by atoms with Crippen molar-refractivity contribution in [1.82, 2.24) is 0 Å². The van der Waals surface area contributed by atoms with Crippen LogP contribution in [0.25, 0.3) is 0 Å². The van der Waals surface area contributed by atoms with Gasteiger partial charge in [-0.3, -0.25) is 18.6 Å². The number of phosphoric ester groups is 1. The highest BCUT2D eigenvalue weighted by Crippen LogP contribution is 2.43. The van der Waals surface area contributed by atoms with Gasteiger partial charge in [0.15, 0.2) is 6.10 Å². The standard InChI is InChI=1S/C42H71O10P/c1-3-5-7-9-11-13-15-17-19-21-23-25-27-29-31-33-41(45)49-37-40(38-51-53(47,48)50-36-39(44)35-43)52-42(46)34-32-30-28-26-24-22-20-18-16-14-12-10-8-6-4-2/h6,8,11-14,17-20,23,25,39-40,43-44H,3-5,7,9-10,15-16,21-22,24,26-38H2,1-2H3,(H,47,48). The van der Waals surface area contributed by atoms with Crippen LogP contribution in [-0.2, 0) is 32.7 Å². The van der Waals surface area contributed by atoms with Crippen LogP contribution in [0.3, 0.4) is 0 Å². The van der Waals surface area contributed by atoms with Crippen molar-refractivity contribution in [2.45, 2.75) is 154 Å². The number of carbonyl (C=O) groups is 2. The normalized spacial score (nSPS) is 14.7. The number of aliphatic hydroxyl groups is 2. The van der Waals surface area contributed by atoms with Gasteiger partial charge in [0.25, 0.3) is 0 Å². The molecule has 0 amide bonds. The summed E-state index contributed by atoms with van der Waals surface area (Å²) in [7, 11) is -4.63. The second-order valence-corrected chi connectivity index (χ2v) is 14.4. The van der Waals surface area contributed by atoms with E-state index in [0.29, 0.717) is 12.8 Å². The number of allylic oxidation sites excluding steroid dienone is 12. The minimum atomic E-state index is -4.63. The Balaban J connectivity index is 4.46. The largest absolute Gasteiger partial charge is 0.472 e. The minimum Gasteiger partial charge on any atom is -0.462 e. The fourth-order valence-electron chi connectivity index (χ4n) is 4.78. The van der Waals surface area contributed by atoms with Gasteiger partial charge < -0.3 is 24.6 Å². The molecule has 3 unspecified atom stereocenters. The van der Waals surface area contributed by atoms with Crippen LogP contribution in [-0.4, -0.2) is 65.7 Å². The van der Waals surface area contributed by atoms with Crippen LogP contribution in [0.4, 0.5) is 0 Å². The van der Waals surface area contributed by atoms with Gasteiger partial charge >= 0.3 is 19.8 Å². The van der Waals surface area contributed by atoms with Crippen molar-refractivity contribution < 1.29 is 47.8 Å². The molecule has 3 N–H and O–H groups in total. The van der Waals surface area contributed by atoms with Crippen molar-refractivity contribution in [3.8, 4) is 0 Å². The van der Waals surface area contributed by atoms with Crippen LogP contribution in [0, 0.1) is 0 Å². The Morgan fingerprint density at radius 1 is 0.585 bits per heavy atom. The molecule has 0 fully saturated rings. The van der Waals surface area contributed by atoms with Crippen LogP contribution < -0.4 is 0 Å². The Morgan fingerprint density at radius 2 is 1.04 bits per heavy atom. The number of hydrogen-bond donors (Lipinski definition) is 3. The number of ether oxygens (including phenoxy) is 2. The van der Waals surface area contributed by atoms with Crippen molar-refractivity contribution in [2.75, 3.05) is 26.4 Å². The van der Waals surface area contributed by atoms with Gasteiger partial charge in [0, 0.05) is 12.8 Å². The molecule has 0 heterocycles. The molecule has 0 saturated carbocycles. The molecule has 0 aliphatic heterocycles. The molecule has 0 radical (unpaired) electrons. The molecule has 10 nitrogen and oxygen atoms in total. The number of phosphoric acid groups is 1. The van der Waals surface area contributed by atoms with E-state index in [1.165, 1.54) is 19.3 Å². The summed E-state index contributed by atoms with van der Waals surface area (Å²) in [6, 6.07) is 0. The average Bonchev–Trinajstić information content (AvgIpc) is 3.14. The zero-order valence-electron chi connectivity index (χ0n) is 32.7. The third-order valence-electron chi connectivity index (χ3n) is 7.84. The predicted octanol–water partition coefficient (Wildman–Crippen LogP) is 10.1. The summed E-state index contributed by atoms with van der Waals surface area (Å²) in [5.74, 6) is -0.998. The van der Waals surface area contributed by atoms with Gasteiger partial charge in [-0.05, 0) is 83.5 Å². The fraction of sp³-hybridized carbons (Fsp3) is 0.667. The monoisotopic (exact) mass is 766 g/mol. The first kappa shape index (κ1) is 50.4. The van der Waals surface area contributed by atoms with Crippen molar-refractivity contribution in [2.24, 2.45) is 0 Å². The Morgan fingerprint density at radius 3 is 1.60 bits per heavy atom. The second kappa shape index (κ2) is 37.7. The van der Waals surface area contributed by atoms with E-state index in [9.17, 15) is 24.2 Å². The third-order valence-corrected chi connectivity index (χ3v) is 8.80. The van der Waals surface area contributed by atoms with E-state index in [1.807, 2.05) is 0 Å². The lowest BCUT2D eigenvalue weighted by molar-refractivity contribution is -0.161. The minimum absolute atomic E-state index is 0.152. The van der Waals surface area contributed by atoms with Crippen LogP contribution in [0.5, 0.6) is 0 Å². The Hall–Kier alpha value is -2.59. The van der Waals surface area contributed by atoms with Gasteiger partial charge in [0.05, 0.1) is 19.8 Å². The number of aliphatic hydroxyl groups excluding tert-OH is 2. The van der Waals surface area contributed by atoms with Crippen LogP contribution in [0.15, 0.2) is 72.9 Å². The number of esters is 2. The van der Waals surface area contributed by atoms with Gasteiger partial charge in [-0.2, -0.15) is 0 Å². The van der Waals surface area contributed by atoms with Crippen molar-refractivity contribution in [3.05, 3.63) is 72.9 Å². The maximum Gasteiger partial charge on any atom is 0.472 e. The summed E-state index contributed by atoms with van der Waals surface area (Å²) in [5, 5.41) is 18.3. The first-order valence-corrected chi connectivity index (χ1v) is 21.4. The maximum absolute atomic E-state index is 12.6. The van der Waals surface area contributed by atoms with Crippen molar-refractivity contribution in [1.29, 1.82) is 0 Å². The van der Waals surface area contributed by atoms with Gasteiger partial charge in [-0.15, -0.1) is 0 Å². The average molecular weight is 767 g/mol. The maximum atomic E-state index is 12.6. The van der Waals surface area contributed by atoms with E-state index in [4.69, 9.17) is 19.1 Å². The Bertz CT molecular complexity index is 1110. The first-order valence-electron chi connectivity index (χ1n) is 19.9. The number of hydrogen-bond acceptors (Lipinski definition) is 9. The lowest BCUT2D eigenvalue weighted by atomic mass is 10.1. The third kappa shape index (κ3) is 37.5. The summed E-state index contributed by atoms with van der Waals surface area (Å²) >= 11 is 0. The number of rotatable bonds is 36. The lowest BCUT2D eigenvalue weighted by Crippen LogP contribution is -2.29. The summed E-state index contributed by atoms with van der Waals surface area (Å²) in [6.07, 6.45) is 41.6. The predicted molar refractivity (Wildman–Crippen MR) is 214 cm³/mol. The molecule has 3 atom stereocenters. The van der Waals surface area contributed by atoms with Crippen LogP contribution >= 0.6 is 7.82 Å². The van der Waals surface area contributed by atoms with Gasteiger partial charge in [0.1, 0.15) is 12.7 Å². The van der Waals surface area contributed by atoms with Crippen LogP contribution in [0.1, 0.15) is 142 Å². The number of unbranched alkanes of at least 4 members (excludes halogenated alkanes) is 10. The van der Waals surface area contributed by atoms with Gasteiger partial charge in [-0.25, -0.2) is 4.57 Å². The van der Waals surface area contributed by atoms with Crippen molar-refractivity contribution in [3.63, 3.8) is 0 Å². The second-order valence-electron chi connectivity index (χ2n) is 12.9. The highest BCUT2D eigenvalue weighted by molar-refractivity contribution is 7.47. The highest BCUT2D eigenvalue weighted by Gasteiger charge is 2.27. The first-order chi connectivity index (χ1) is 25.7. The number of carbonyl (C=O) groups excluding carboxylic acids is 2. The molecule has 0 aromatic carbocycles. The van der Waals surface area contributed by atoms with Crippen LogP contribution in [0.2, 0.25) is 0 Å². The summed E-state index contributed by atoms with van der Waals surface area (Å²) < 4.78 is 32.6. The molecule has 0 aromatic rings. The zero-order valence-corrected chi connectivity index (χ0v) is 33.6. The molecule has 0 aromatic heterocycles. The smallest absolute Gasteiger partial charge is 0.462 e. The molecular formula is C42H71O10P. The van der Waals surface area contributed by atoms with E-state index >= 15 is 0 Å². The molecule has 11 heteroatoms. The molecular weight excluding hydrogens is 695 g/mol. The summed E-state index contributed by atoms with van der Waals surface area (Å²) in [5.41, 5.74) is 0. The Labute approximate surface area is 320 Å². The molecule has 0 rings (SSSR count). The molecule has 0 spiro atoms. The topological polar surface area (TPSA) is 149 Å². The highest BCUT2D eigenvalue weighted by atomic mass is 31.2. The molecule has 304 valence electrons. The molecule has 0 aliphatic carbocycles. The SMILES string of the molecule is CCC=CCC=CCC=CCCCCCCCC(=O)OC(COC(=O)CCCCC=CCC=CCC=CCCCCC)COP(=O)(O)OCC(O)CO. The van der Waals surface area contributed by atoms with Gasteiger partial charge in [-0.1, -0.05) is 119 Å². The molecule has 0 aliphatic rings. The van der Waals surface area contributed by atoms with E-state index < -0.39 is 51.8 Å². The summed E-state index contributed by atoms with van der Waals surface area (Å²) in [4.78, 5) is 34.9. The van der Waals surface area contributed by atoms with E-state index in [-0.39, 0.29) is 19.4 Å². The fourth-order valence-corrected chi connectivity index (χ4v) is 5.57. The Kier molecular flexibility index (Phi) is 35.9. The molecule has 0 bridgehead atoms. The van der Waals surface area contributed by atoms with Crippen molar-refractivity contribution >= 4 is 19.8 Å². The quantitative estimate of drug-likeness (QED) is 0.0243.